The highest BCUT2D eigenvalue weighted by atomic mass is 16.5. The molecule has 0 spiro atoms. The van der Waals surface area contributed by atoms with Crippen LogP contribution in [-0.4, -0.2) is 37.4 Å². The Bertz CT molecular complexity index is 1290. The van der Waals surface area contributed by atoms with E-state index in [1.807, 2.05) is 66.7 Å². The summed E-state index contributed by atoms with van der Waals surface area (Å²) in [5.74, 6) is 5.94. The van der Waals surface area contributed by atoms with E-state index >= 15 is 0 Å². The molecule has 0 amide bonds. The molecule has 0 radical (unpaired) electrons. The highest BCUT2D eigenvalue weighted by Gasteiger charge is 2.12. The summed E-state index contributed by atoms with van der Waals surface area (Å²) in [6, 6.07) is 20.7. The van der Waals surface area contributed by atoms with E-state index in [4.69, 9.17) is 25.4 Å². The molecule has 0 atom stereocenters. The van der Waals surface area contributed by atoms with Crippen molar-refractivity contribution in [2.45, 2.75) is 0 Å². The lowest BCUT2D eigenvalue weighted by molar-refractivity contribution is 0.146. The van der Waals surface area contributed by atoms with E-state index in [-0.39, 0.29) is 5.82 Å². The largest absolute Gasteiger partial charge is 0.493 e. The zero-order valence-electron chi connectivity index (χ0n) is 18.4. The molecular weight excluding hydrogens is 418 g/mol. The van der Waals surface area contributed by atoms with Crippen molar-refractivity contribution < 1.29 is 18.9 Å². The first-order valence-electron chi connectivity index (χ1n) is 10.3. The topological polar surface area (TPSA) is 74.7 Å². The van der Waals surface area contributed by atoms with Gasteiger partial charge in [0.2, 0.25) is 5.82 Å². The van der Waals surface area contributed by atoms with Crippen LogP contribution in [0.5, 0.6) is 23.0 Å². The van der Waals surface area contributed by atoms with Crippen molar-refractivity contribution in [3.63, 3.8) is 0 Å². The SMILES string of the molecule is C#Cc1nc(Nc2ccc(Oc3ccccc3)c(OC)c2)c2ccc(OCCOC)cc2n1. The van der Waals surface area contributed by atoms with Gasteiger partial charge in [-0.3, -0.25) is 0 Å². The predicted octanol–water partition coefficient (Wildman–Crippen LogP) is 5.18. The second-order valence-electron chi connectivity index (χ2n) is 6.97. The normalized spacial score (nSPS) is 10.5. The average Bonchev–Trinajstić information content (AvgIpc) is 2.85. The quantitative estimate of drug-likeness (QED) is 0.283. The minimum Gasteiger partial charge on any atom is -0.493 e. The minimum atomic E-state index is 0.273. The van der Waals surface area contributed by atoms with E-state index in [0.717, 1.165) is 16.8 Å². The average molecular weight is 441 g/mol. The molecule has 0 aliphatic heterocycles. The van der Waals surface area contributed by atoms with Gasteiger partial charge in [0.05, 0.1) is 19.2 Å². The molecule has 4 rings (SSSR count). The van der Waals surface area contributed by atoms with E-state index in [1.54, 1.807) is 14.2 Å². The number of nitrogens with one attached hydrogen (secondary N) is 1. The molecule has 0 saturated heterocycles. The van der Waals surface area contributed by atoms with Crippen LogP contribution in [0.1, 0.15) is 5.82 Å². The van der Waals surface area contributed by atoms with Crippen molar-refractivity contribution in [1.29, 1.82) is 0 Å². The Morgan fingerprint density at radius 2 is 1.73 bits per heavy atom. The van der Waals surface area contributed by atoms with Gasteiger partial charge in [0.25, 0.3) is 0 Å². The van der Waals surface area contributed by atoms with Crippen molar-refractivity contribution in [2.75, 3.05) is 32.8 Å². The van der Waals surface area contributed by atoms with Crippen molar-refractivity contribution in [3.05, 3.63) is 72.6 Å². The number of terminal acetylenes is 1. The van der Waals surface area contributed by atoms with E-state index in [0.29, 0.717) is 41.8 Å². The Kier molecular flexibility index (Phi) is 6.88. The number of fused-ring (bicyclic) bond motifs is 1. The molecule has 1 aromatic heterocycles. The standard InChI is InChI=1S/C26H23N3O4/c1-4-25-28-22-17-20(32-15-14-30-2)11-12-21(22)26(29-25)27-18-10-13-23(24(16-18)31-3)33-19-8-6-5-7-9-19/h1,5-13,16-17H,14-15H2,2-3H3,(H,27,28,29). The van der Waals surface area contributed by atoms with E-state index in [1.165, 1.54) is 0 Å². The third-order valence-electron chi connectivity index (χ3n) is 4.75. The molecule has 7 heteroatoms. The van der Waals surface area contributed by atoms with Crippen LogP contribution in [0, 0.1) is 12.3 Å². The summed E-state index contributed by atoms with van der Waals surface area (Å²) in [5, 5.41) is 4.12. The Morgan fingerprint density at radius 3 is 2.48 bits per heavy atom. The van der Waals surface area contributed by atoms with Crippen molar-refractivity contribution in [1.82, 2.24) is 9.97 Å². The van der Waals surface area contributed by atoms with Crippen LogP contribution < -0.4 is 19.5 Å². The molecule has 1 heterocycles. The molecule has 3 aromatic carbocycles. The van der Waals surface area contributed by atoms with Gasteiger partial charge in [0.1, 0.15) is 23.9 Å². The Labute approximate surface area is 192 Å². The van der Waals surface area contributed by atoms with Gasteiger partial charge in [-0.1, -0.05) is 18.2 Å². The summed E-state index contributed by atoms with van der Waals surface area (Å²) in [6.45, 7) is 0.938. The van der Waals surface area contributed by atoms with Gasteiger partial charge in [-0.05, 0) is 42.3 Å². The monoisotopic (exact) mass is 441 g/mol. The molecule has 0 aliphatic carbocycles. The molecule has 0 aliphatic rings. The molecule has 166 valence electrons. The number of ether oxygens (including phenoxy) is 4. The highest BCUT2D eigenvalue weighted by Crippen LogP contribution is 2.35. The van der Waals surface area contributed by atoms with E-state index in [9.17, 15) is 0 Å². The lowest BCUT2D eigenvalue weighted by Gasteiger charge is -2.14. The van der Waals surface area contributed by atoms with Gasteiger partial charge in [0, 0.05) is 30.3 Å². The van der Waals surface area contributed by atoms with Gasteiger partial charge in [-0.2, -0.15) is 0 Å². The number of methoxy groups -OCH3 is 2. The summed E-state index contributed by atoms with van der Waals surface area (Å²) < 4.78 is 22.2. The van der Waals surface area contributed by atoms with E-state index < -0.39 is 0 Å². The molecule has 33 heavy (non-hydrogen) atoms. The third kappa shape index (κ3) is 5.32. The third-order valence-corrected chi connectivity index (χ3v) is 4.75. The lowest BCUT2D eigenvalue weighted by atomic mass is 10.2. The first-order valence-corrected chi connectivity index (χ1v) is 10.3. The van der Waals surface area contributed by atoms with Crippen molar-refractivity contribution >= 4 is 22.4 Å². The smallest absolute Gasteiger partial charge is 0.207 e. The second kappa shape index (κ2) is 10.4. The number of rotatable bonds is 9. The number of hydrogen-bond acceptors (Lipinski definition) is 7. The van der Waals surface area contributed by atoms with Crippen LogP contribution in [0.2, 0.25) is 0 Å². The van der Waals surface area contributed by atoms with E-state index in [2.05, 4.69) is 21.2 Å². The highest BCUT2D eigenvalue weighted by molar-refractivity contribution is 5.92. The van der Waals surface area contributed by atoms with Crippen molar-refractivity contribution in [2.24, 2.45) is 0 Å². The molecule has 0 fully saturated rings. The Morgan fingerprint density at radius 1 is 0.879 bits per heavy atom. The fraction of sp³-hybridized carbons (Fsp3) is 0.154. The van der Waals surface area contributed by atoms with Crippen LogP contribution >= 0.6 is 0 Å². The van der Waals surface area contributed by atoms with Crippen LogP contribution in [0.3, 0.4) is 0 Å². The molecule has 0 bridgehead atoms. The molecule has 0 saturated carbocycles. The van der Waals surface area contributed by atoms with Gasteiger partial charge in [0.15, 0.2) is 11.5 Å². The number of benzene rings is 3. The maximum Gasteiger partial charge on any atom is 0.207 e. The molecule has 7 nitrogen and oxygen atoms in total. The number of hydrogen-bond donors (Lipinski definition) is 1. The summed E-state index contributed by atoms with van der Waals surface area (Å²) in [6.07, 6.45) is 5.59. The zero-order chi connectivity index (χ0) is 23.0. The second-order valence-corrected chi connectivity index (χ2v) is 6.97. The minimum absolute atomic E-state index is 0.273. The first kappa shape index (κ1) is 21.9. The lowest BCUT2D eigenvalue weighted by Crippen LogP contribution is -2.05. The molecular formula is C26H23N3O4. The number of para-hydroxylation sites is 1. The van der Waals surface area contributed by atoms with Gasteiger partial charge >= 0.3 is 0 Å². The molecule has 4 aromatic rings. The maximum absolute atomic E-state index is 5.94. The summed E-state index contributed by atoms with van der Waals surface area (Å²) in [7, 11) is 3.22. The fourth-order valence-electron chi connectivity index (χ4n) is 3.18. The summed E-state index contributed by atoms with van der Waals surface area (Å²) in [5.41, 5.74) is 1.43. The predicted molar refractivity (Wildman–Crippen MR) is 128 cm³/mol. The summed E-state index contributed by atoms with van der Waals surface area (Å²) in [4.78, 5) is 8.91. The first-order chi connectivity index (χ1) is 16.2. The fourth-order valence-corrected chi connectivity index (χ4v) is 3.18. The van der Waals surface area contributed by atoms with Gasteiger partial charge in [-0.25, -0.2) is 9.97 Å². The molecule has 1 N–H and O–H groups in total. The van der Waals surface area contributed by atoms with Crippen LogP contribution in [0.25, 0.3) is 10.9 Å². The van der Waals surface area contributed by atoms with Gasteiger partial charge < -0.3 is 24.3 Å². The van der Waals surface area contributed by atoms with Crippen LogP contribution in [0.4, 0.5) is 11.5 Å². The molecule has 0 unspecified atom stereocenters. The van der Waals surface area contributed by atoms with Crippen LogP contribution in [0.15, 0.2) is 66.7 Å². The van der Waals surface area contributed by atoms with Crippen molar-refractivity contribution in [3.8, 4) is 35.3 Å². The number of anilines is 2. The van der Waals surface area contributed by atoms with Gasteiger partial charge in [-0.15, -0.1) is 6.42 Å². The summed E-state index contributed by atoms with van der Waals surface area (Å²) >= 11 is 0. The number of nitrogens with zero attached hydrogens (tertiary/aromatic N) is 2. The van der Waals surface area contributed by atoms with Crippen LogP contribution in [-0.2, 0) is 4.74 Å². The maximum atomic E-state index is 5.94. The Balaban J connectivity index is 1.63. The Hall–Kier alpha value is -4.28. The number of aromatic nitrogens is 2. The zero-order valence-corrected chi connectivity index (χ0v) is 18.4.